The van der Waals surface area contributed by atoms with Crippen LogP contribution >= 0.6 is 12.4 Å². The van der Waals surface area contributed by atoms with Gasteiger partial charge in [-0.1, -0.05) is 6.92 Å². The van der Waals surface area contributed by atoms with E-state index in [1.54, 1.807) is 12.1 Å². The first-order valence-electron chi connectivity index (χ1n) is 9.13. The van der Waals surface area contributed by atoms with E-state index >= 15 is 0 Å². The van der Waals surface area contributed by atoms with Crippen LogP contribution in [0.3, 0.4) is 0 Å². The van der Waals surface area contributed by atoms with Crippen LogP contribution in [0, 0.1) is 5.92 Å². The van der Waals surface area contributed by atoms with Crippen molar-refractivity contribution < 1.29 is 17.9 Å². The molecule has 0 saturated carbocycles. The lowest BCUT2D eigenvalue weighted by molar-refractivity contribution is 0.0915. The molecule has 27 heavy (non-hydrogen) atoms. The maximum Gasteiger partial charge on any atom is 0.251 e. The van der Waals surface area contributed by atoms with E-state index in [-0.39, 0.29) is 35.0 Å². The van der Waals surface area contributed by atoms with Crippen molar-refractivity contribution in [3.63, 3.8) is 0 Å². The number of hydrogen-bond donors (Lipinski definition) is 2. The molecule has 0 aromatic heterocycles. The smallest absolute Gasteiger partial charge is 0.251 e. The number of rotatable bonds is 5. The summed E-state index contributed by atoms with van der Waals surface area (Å²) in [6.07, 6.45) is 2.71. The number of methoxy groups -OCH3 is 1. The van der Waals surface area contributed by atoms with E-state index < -0.39 is 10.0 Å². The van der Waals surface area contributed by atoms with Crippen LogP contribution in [0.15, 0.2) is 23.1 Å². The van der Waals surface area contributed by atoms with E-state index in [4.69, 9.17) is 4.74 Å². The Morgan fingerprint density at radius 3 is 2.63 bits per heavy atom. The largest absolute Gasteiger partial charge is 0.495 e. The van der Waals surface area contributed by atoms with E-state index in [1.165, 1.54) is 17.5 Å². The molecule has 0 spiro atoms. The summed E-state index contributed by atoms with van der Waals surface area (Å²) in [5, 5.41) is 6.30. The van der Waals surface area contributed by atoms with Gasteiger partial charge in [0.15, 0.2) is 0 Å². The van der Waals surface area contributed by atoms with Crippen molar-refractivity contribution in [1.82, 2.24) is 14.9 Å². The highest BCUT2D eigenvalue weighted by atomic mass is 35.5. The Morgan fingerprint density at radius 2 is 2.00 bits per heavy atom. The van der Waals surface area contributed by atoms with E-state index in [0.717, 1.165) is 32.4 Å². The lowest BCUT2D eigenvalue weighted by Crippen LogP contribution is -2.50. The summed E-state index contributed by atoms with van der Waals surface area (Å²) in [6, 6.07) is 4.64. The second-order valence-electron chi connectivity index (χ2n) is 7.03. The number of ether oxygens (including phenoxy) is 1. The molecule has 2 unspecified atom stereocenters. The topological polar surface area (TPSA) is 87.7 Å². The van der Waals surface area contributed by atoms with Crippen LogP contribution in [-0.4, -0.2) is 58.0 Å². The van der Waals surface area contributed by atoms with Crippen LogP contribution in [0.25, 0.3) is 0 Å². The molecular formula is C18H28ClN3O4S. The summed E-state index contributed by atoms with van der Waals surface area (Å²) in [5.41, 5.74) is 0.335. The predicted molar refractivity (Wildman–Crippen MR) is 106 cm³/mol. The molecule has 1 amide bonds. The van der Waals surface area contributed by atoms with Crippen molar-refractivity contribution in [2.45, 2.75) is 37.1 Å². The van der Waals surface area contributed by atoms with Crippen LogP contribution in [0.5, 0.6) is 5.75 Å². The van der Waals surface area contributed by atoms with Crippen molar-refractivity contribution in [2.24, 2.45) is 5.92 Å². The molecule has 1 aromatic rings. The number of nitrogens with zero attached hydrogens (tertiary/aromatic N) is 1. The molecule has 0 bridgehead atoms. The molecule has 2 aliphatic rings. The van der Waals surface area contributed by atoms with Gasteiger partial charge in [-0.05, 0) is 49.9 Å². The molecule has 7 nitrogen and oxygen atoms in total. The zero-order valence-electron chi connectivity index (χ0n) is 15.7. The Balaban J connectivity index is 0.00000261. The number of carbonyl (C=O) groups is 1. The molecule has 3 rings (SSSR count). The number of amides is 1. The van der Waals surface area contributed by atoms with Gasteiger partial charge in [0.05, 0.1) is 7.11 Å². The normalized spacial score (nSPS) is 23.5. The van der Waals surface area contributed by atoms with Gasteiger partial charge in [0.1, 0.15) is 10.6 Å². The lowest BCUT2D eigenvalue weighted by Gasteiger charge is -2.30. The summed E-state index contributed by atoms with van der Waals surface area (Å²) < 4.78 is 32.6. The van der Waals surface area contributed by atoms with E-state index in [9.17, 15) is 13.2 Å². The zero-order chi connectivity index (χ0) is 18.7. The second-order valence-corrected chi connectivity index (χ2v) is 8.93. The molecular weight excluding hydrogens is 390 g/mol. The Labute approximate surface area is 167 Å². The van der Waals surface area contributed by atoms with Crippen molar-refractivity contribution in [3.05, 3.63) is 23.8 Å². The van der Waals surface area contributed by atoms with Gasteiger partial charge in [-0.3, -0.25) is 4.79 Å². The zero-order valence-corrected chi connectivity index (χ0v) is 17.4. The maximum absolute atomic E-state index is 12.9. The molecule has 9 heteroatoms. The quantitative estimate of drug-likeness (QED) is 0.760. The maximum atomic E-state index is 12.9. The van der Waals surface area contributed by atoms with Crippen LogP contribution < -0.4 is 15.4 Å². The Bertz CT molecular complexity index is 766. The highest BCUT2D eigenvalue weighted by Crippen LogP contribution is 2.30. The predicted octanol–water partition coefficient (Wildman–Crippen LogP) is 1.63. The fraction of sp³-hybridized carbons (Fsp3) is 0.611. The van der Waals surface area contributed by atoms with Gasteiger partial charge in [0, 0.05) is 31.2 Å². The van der Waals surface area contributed by atoms with Crippen LogP contribution in [-0.2, 0) is 10.0 Å². The Morgan fingerprint density at radius 1 is 1.30 bits per heavy atom. The lowest BCUT2D eigenvalue weighted by atomic mass is 9.94. The van der Waals surface area contributed by atoms with Crippen LogP contribution in [0.1, 0.15) is 36.5 Å². The molecule has 0 radical (unpaired) electrons. The first-order valence-corrected chi connectivity index (χ1v) is 10.6. The molecule has 2 saturated heterocycles. The van der Waals surface area contributed by atoms with Gasteiger partial charge in [-0.2, -0.15) is 4.31 Å². The Hall–Kier alpha value is -1.35. The summed E-state index contributed by atoms with van der Waals surface area (Å²) in [5.74, 6) is 0.387. The number of nitrogens with one attached hydrogen (secondary N) is 2. The molecule has 2 heterocycles. The molecule has 2 N–H and O–H groups in total. The monoisotopic (exact) mass is 417 g/mol. The van der Waals surface area contributed by atoms with Gasteiger partial charge >= 0.3 is 0 Å². The number of benzene rings is 1. The van der Waals surface area contributed by atoms with Crippen molar-refractivity contribution in [1.29, 1.82) is 0 Å². The fourth-order valence-electron chi connectivity index (χ4n) is 3.52. The van der Waals surface area contributed by atoms with Crippen molar-refractivity contribution >= 4 is 28.3 Å². The van der Waals surface area contributed by atoms with E-state index in [2.05, 4.69) is 17.6 Å². The number of carbonyl (C=O) groups excluding carboxylic acids is 1. The van der Waals surface area contributed by atoms with Gasteiger partial charge in [0.2, 0.25) is 10.0 Å². The average molecular weight is 418 g/mol. The third-order valence-corrected chi connectivity index (χ3v) is 7.17. The SMILES string of the molecule is COc1ccc(C(=O)NC2CNCCC2C)cc1S(=O)(=O)N1CCCC1.Cl. The highest BCUT2D eigenvalue weighted by molar-refractivity contribution is 7.89. The summed E-state index contributed by atoms with van der Waals surface area (Å²) in [6.45, 7) is 4.81. The average Bonchev–Trinajstić information content (AvgIpc) is 3.18. The summed E-state index contributed by atoms with van der Waals surface area (Å²) in [4.78, 5) is 12.7. The molecule has 2 aliphatic heterocycles. The number of sulfonamides is 1. The first-order chi connectivity index (χ1) is 12.4. The second kappa shape index (κ2) is 9.23. The van der Waals surface area contributed by atoms with Gasteiger partial charge in [-0.15, -0.1) is 12.4 Å². The minimum atomic E-state index is -3.67. The fourth-order valence-corrected chi connectivity index (χ4v) is 5.22. The third-order valence-electron chi connectivity index (χ3n) is 5.25. The number of halogens is 1. The van der Waals surface area contributed by atoms with E-state index in [0.29, 0.717) is 24.6 Å². The van der Waals surface area contributed by atoms with Crippen LogP contribution in [0.2, 0.25) is 0 Å². The first kappa shape index (κ1) is 21.9. The summed E-state index contributed by atoms with van der Waals surface area (Å²) >= 11 is 0. The van der Waals surface area contributed by atoms with E-state index in [1.807, 2.05) is 0 Å². The van der Waals surface area contributed by atoms with Gasteiger partial charge < -0.3 is 15.4 Å². The van der Waals surface area contributed by atoms with Gasteiger partial charge in [-0.25, -0.2) is 8.42 Å². The van der Waals surface area contributed by atoms with Crippen molar-refractivity contribution in [2.75, 3.05) is 33.3 Å². The standard InChI is InChI=1S/C18H27N3O4S.ClH/c1-13-7-8-19-12-15(13)20-18(22)14-5-6-16(25-2)17(11-14)26(23,24)21-9-3-4-10-21;/h5-6,11,13,15,19H,3-4,7-10,12H2,1-2H3,(H,20,22);1H. The minimum absolute atomic E-state index is 0. The highest BCUT2D eigenvalue weighted by Gasteiger charge is 2.31. The molecule has 2 atom stereocenters. The minimum Gasteiger partial charge on any atom is -0.495 e. The number of piperidine rings is 1. The third kappa shape index (κ3) is 4.74. The van der Waals surface area contributed by atoms with Gasteiger partial charge in [0.25, 0.3) is 5.91 Å². The summed E-state index contributed by atoms with van der Waals surface area (Å²) in [7, 11) is -2.23. The van der Waals surface area contributed by atoms with Crippen molar-refractivity contribution in [3.8, 4) is 5.75 Å². The number of hydrogen-bond acceptors (Lipinski definition) is 5. The molecule has 1 aromatic carbocycles. The molecule has 0 aliphatic carbocycles. The Kier molecular flexibility index (Phi) is 7.50. The molecule has 152 valence electrons. The van der Waals surface area contributed by atoms with Crippen LogP contribution in [0.4, 0.5) is 0 Å². The molecule has 2 fully saturated rings.